The predicted molar refractivity (Wildman–Crippen MR) is 163 cm³/mol. The second kappa shape index (κ2) is 14.1. The number of hydrogen-bond donors (Lipinski definition) is 4. The average Bonchev–Trinajstić information content (AvgIpc) is 2.94. The standard InChI is InChI=1S/C25H24Cl2N4O8S4/c26-14-1-2-16(27)18(9-14)41-12-19(32)29-20-22(33)31-21(25(36)37)13(11-42-23(20)31)10-40-15-3-6-30(7-4-15)17(24(34)35)5-8-43(28,38)39/h1-4,6-7,9,17,20,23H,5,8,10-12H2,(H4-,28,29,32,34,35,36,37,38,39)/p+1/t17-,20+,23+/m0/s1. The van der Waals surface area contributed by atoms with Crippen molar-refractivity contribution in [3.63, 3.8) is 0 Å². The SMILES string of the molecule is NS(=O)(=O)CC[C@@H](C(=O)O)[n+]1ccc(SCC2=C(C(=O)O)N3C(=O)[C@@H](NC(=O)CSc4cc(Cl)ccc4Cl)[C@H]3SC2)cc1. The highest BCUT2D eigenvalue weighted by atomic mass is 35.5. The van der Waals surface area contributed by atoms with Gasteiger partial charge in [-0.05, 0) is 23.8 Å². The summed E-state index contributed by atoms with van der Waals surface area (Å²) in [4.78, 5) is 51.9. The Morgan fingerprint density at radius 2 is 1.86 bits per heavy atom. The highest BCUT2D eigenvalue weighted by Gasteiger charge is 2.54. The zero-order valence-electron chi connectivity index (χ0n) is 22.0. The molecule has 3 heterocycles. The molecule has 1 saturated heterocycles. The van der Waals surface area contributed by atoms with Crippen molar-refractivity contribution in [1.29, 1.82) is 0 Å². The van der Waals surface area contributed by atoms with Crippen LogP contribution in [0.3, 0.4) is 0 Å². The molecule has 2 amide bonds. The van der Waals surface area contributed by atoms with Crippen LogP contribution in [0, 0.1) is 0 Å². The molecule has 5 N–H and O–H groups in total. The van der Waals surface area contributed by atoms with Gasteiger partial charge in [-0.15, -0.1) is 35.3 Å². The van der Waals surface area contributed by atoms with E-state index in [0.29, 0.717) is 31.2 Å². The molecule has 4 rings (SSSR count). The number of pyridine rings is 1. The van der Waals surface area contributed by atoms with Gasteiger partial charge in [0.05, 0.1) is 16.5 Å². The molecule has 3 atom stereocenters. The molecule has 2 aliphatic heterocycles. The number of aliphatic carboxylic acids is 2. The number of nitrogens with zero attached hydrogens (tertiary/aromatic N) is 2. The Kier molecular flexibility index (Phi) is 11.0. The maximum atomic E-state index is 13.0. The van der Waals surface area contributed by atoms with Gasteiger partial charge in [0.1, 0.15) is 17.1 Å². The van der Waals surface area contributed by atoms with E-state index in [9.17, 15) is 37.8 Å². The number of halogens is 2. The minimum absolute atomic E-state index is 0.0127. The largest absolute Gasteiger partial charge is 0.477 e. The number of rotatable bonds is 13. The first-order valence-electron chi connectivity index (χ1n) is 12.4. The minimum atomic E-state index is -3.83. The van der Waals surface area contributed by atoms with E-state index in [0.717, 1.165) is 0 Å². The maximum Gasteiger partial charge on any atom is 0.373 e. The lowest BCUT2D eigenvalue weighted by Crippen LogP contribution is -2.70. The number of aromatic nitrogens is 1. The number of hydrogen-bond acceptors (Lipinski definition) is 9. The Balaban J connectivity index is 1.37. The van der Waals surface area contributed by atoms with Gasteiger partial charge in [0.25, 0.3) is 11.9 Å². The maximum absolute atomic E-state index is 13.0. The number of thioether (sulfide) groups is 3. The summed E-state index contributed by atoms with van der Waals surface area (Å²) in [6.07, 6.45) is 2.78. The number of sulfonamides is 1. The van der Waals surface area contributed by atoms with E-state index in [1.807, 2.05) is 0 Å². The van der Waals surface area contributed by atoms with Crippen molar-refractivity contribution in [3.05, 3.63) is 64.0 Å². The number of carboxylic acids is 2. The minimum Gasteiger partial charge on any atom is -0.477 e. The summed E-state index contributed by atoms with van der Waals surface area (Å²) in [5.74, 6) is -3.32. The molecule has 2 aromatic rings. The Hall–Kier alpha value is -2.47. The third-order valence-corrected chi connectivity index (χ3v) is 11.3. The number of fused-ring (bicyclic) bond motifs is 1. The number of carbonyl (C=O) groups excluding carboxylic acids is 2. The lowest BCUT2D eigenvalue weighted by atomic mass is 10.0. The Morgan fingerprint density at radius 3 is 2.49 bits per heavy atom. The van der Waals surface area contributed by atoms with Crippen LogP contribution in [0.5, 0.6) is 0 Å². The summed E-state index contributed by atoms with van der Waals surface area (Å²) in [6.45, 7) is 0. The number of nitrogens with one attached hydrogen (secondary N) is 1. The van der Waals surface area contributed by atoms with Gasteiger partial charge in [-0.2, -0.15) is 4.57 Å². The van der Waals surface area contributed by atoms with Gasteiger partial charge >= 0.3 is 11.9 Å². The number of benzene rings is 1. The summed E-state index contributed by atoms with van der Waals surface area (Å²) in [7, 11) is -3.83. The summed E-state index contributed by atoms with van der Waals surface area (Å²) in [5.41, 5.74) is 0.406. The molecular weight excluding hydrogens is 683 g/mol. The lowest BCUT2D eigenvalue weighted by molar-refractivity contribution is -0.711. The van der Waals surface area contributed by atoms with Crippen LogP contribution in [-0.4, -0.2) is 81.7 Å². The van der Waals surface area contributed by atoms with E-state index < -0.39 is 57.0 Å². The molecule has 0 radical (unpaired) electrons. The van der Waals surface area contributed by atoms with Crippen molar-refractivity contribution in [3.8, 4) is 0 Å². The van der Waals surface area contributed by atoms with Crippen LogP contribution in [0.15, 0.2) is 63.8 Å². The molecule has 1 aromatic carbocycles. The molecule has 0 aliphatic carbocycles. The van der Waals surface area contributed by atoms with E-state index in [2.05, 4.69) is 5.32 Å². The third-order valence-electron chi connectivity index (χ3n) is 6.37. The number of carboxylic acid groups (broad SMARTS) is 2. The van der Waals surface area contributed by atoms with Crippen LogP contribution in [-0.2, 0) is 29.2 Å². The molecule has 0 unspecified atom stereocenters. The Labute approximate surface area is 269 Å². The molecular formula is C25H25Cl2N4O8S4+. The van der Waals surface area contributed by atoms with Gasteiger partial charge in [-0.25, -0.2) is 23.1 Å². The van der Waals surface area contributed by atoms with Crippen molar-refractivity contribution in [2.75, 3.05) is 23.0 Å². The summed E-state index contributed by atoms with van der Waals surface area (Å²) < 4.78 is 23.9. The molecule has 12 nitrogen and oxygen atoms in total. The zero-order chi connectivity index (χ0) is 31.5. The predicted octanol–water partition coefficient (Wildman–Crippen LogP) is 2.21. The second-order valence-electron chi connectivity index (χ2n) is 9.36. The molecule has 1 aromatic heterocycles. The fourth-order valence-electron chi connectivity index (χ4n) is 4.32. The molecule has 43 heavy (non-hydrogen) atoms. The monoisotopic (exact) mass is 707 g/mol. The average molecular weight is 709 g/mol. The van der Waals surface area contributed by atoms with Gasteiger partial charge in [0.15, 0.2) is 12.4 Å². The summed E-state index contributed by atoms with van der Waals surface area (Å²) in [6, 6.07) is 6.15. The normalized spacial score (nSPS) is 19.0. The van der Waals surface area contributed by atoms with Crippen LogP contribution in [0.4, 0.5) is 0 Å². The first-order valence-corrected chi connectivity index (χ1v) is 17.9. The molecule has 0 spiro atoms. The first kappa shape index (κ1) is 33.4. The number of amides is 2. The Morgan fingerprint density at radius 1 is 1.16 bits per heavy atom. The van der Waals surface area contributed by atoms with Crippen molar-refractivity contribution in [1.82, 2.24) is 10.2 Å². The van der Waals surface area contributed by atoms with Crippen LogP contribution in [0.2, 0.25) is 10.0 Å². The molecule has 2 aliphatic rings. The molecule has 1 fully saturated rings. The van der Waals surface area contributed by atoms with Gasteiger partial charge in [0, 0.05) is 44.9 Å². The third kappa shape index (κ3) is 8.38. The quantitative estimate of drug-likeness (QED) is 0.136. The molecule has 0 bridgehead atoms. The van der Waals surface area contributed by atoms with Gasteiger partial charge in [0.2, 0.25) is 15.9 Å². The van der Waals surface area contributed by atoms with Crippen molar-refractivity contribution >= 4 is 92.3 Å². The molecule has 18 heteroatoms. The van der Waals surface area contributed by atoms with Crippen LogP contribution in [0.1, 0.15) is 12.5 Å². The summed E-state index contributed by atoms with van der Waals surface area (Å²) in [5, 5.41) is 27.5. The lowest BCUT2D eigenvalue weighted by Gasteiger charge is -2.49. The summed E-state index contributed by atoms with van der Waals surface area (Å²) >= 11 is 15.9. The first-order chi connectivity index (χ1) is 20.2. The van der Waals surface area contributed by atoms with E-state index >= 15 is 0 Å². The van der Waals surface area contributed by atoms with Crippen LogP contribution in [0.25, 0.3) is 0 Å². The van der Waals surface area contributed by atoms with Gasteiger partial charge in [-0.3, -0.25) is 14.5 Å². The fraction of sp³-hybridized carbons (Fsp3) is 0.320. The van der Waals surface area contributed by atoms with E-state index in [4.69, 9.17) is 28.3 Å². The Bertz CT molecular complexity index is 1590. The highest BCUT2D eigenvalue weighted by Crippen LogP contribution is 2.41. The van der Waals surface area contributed by atoms with Gasteiger partial charge in [-0.1, -0.05) is 23.2 Å². The smallest absolute Gasteiger partial charge is 0.373 e. The van der Waals surface area contributed by atoms with E-state index in [-0.39, 0.29) is 23.6 Å². The fourth-order valence-corrected chi connectivity index (χ4v) is 8.54. The second-order valence-corrected chi connectivity index (χ2v) is 15.1. The van der Waals surface area contributed by atoms with Crippen LogP contribution < -0.4 is 15.0 Å². The number of β-lactam (4-membered cyclic amide) rings is 1. The van der Waals surface area contributed by atoms with Crippen LogP contribution >= 0.6 is 58.5 Å². The van der Waals surface area contributed by atoms with E-state index in [1.165, 1.54) is 57.1 Å². The van der Waals surface area contributed by atoms with Crippen molar-refractivity contribution in [2.24, 2.45) is 5.14 Å². The number of carbonyl (C=O) groups is 4. The highest BCUT2D eigenvalue weighted by molar-refractivity contribution is 8.01. The van der Waals surface area contributed by atoms with E-state index in [1.54, 1.807) is 30.3 Å². The van der Waals surface area contributed by atoms with Crippen molar-refractivity contribution < 1.29 is 42.4 Å². The van der Waals surface area contributed by atoms with Gasteiger partial charge < -0.3 is 15.5 Å². The topological polar surface area (TPSA) is 188 Å². The number of primary sulfonamides is 1. The molecule has 230 valence electrons. The molecule has 0 saturated carbocycles. The van der Waals surface area contributed by atoms with Crippen molar-refractivity contribution in [2.45, 2.75) is 33.7 Å². The number of nitrogens with two attached hydrogens (primary N) is 1. The zero-order valence-corrected chi connectivity index (χ0v) is 26.8.